The maximum absolute atomic E-state index is 0. The Morgan fingerprint density at radius 3 is 0.400 bits per heavy atom. The Balaban J connectivity index is 0. The second-order valence-corrected chi connectivity index (χ2v) is 0. The molecule has 0 saturated heterocycles. The molecular weight excluding hydrogens is 321 g/mol. The fraction of sp³-hybridized carbons (Fsp3) is 0. The van der Waals surface area contributed by atoms with Gasteiger partial charge in [0, 0.05) is 98.1 Å². The zero-order chi connectivity index (χ0) is 0. The van der Waals surface area contributed by atoms with Gasteiger partial charge in [0.15, 0.2) is 34.7 Å². The van der Waals surface area contributed by atoms with Crippen molar-refractivity contribution in [2.75, 3.05) is 0 Å². The molecule has 0 atom stereocenters. The molecule has 0 aromatic heterocycles. The summed E-state index contributed by atoms with van der Waals surface area (Å²) in [5.74, 6) is 0. The van der Waals surface area contributed by atoms with Crippen molar-refractivity contribution in [3.05, 3.63) is 0 Å². The molecule has 0 aliphatic rings. The van der Waals surface area contributed by atoms with Crippen LogP contribution in [-0.4, -0.2) is 34.7 Å². The topological polar surface area (TPSA) is 0 Å². The number of hydrogen-bond acceptors (Lipinski definition) is 0. The molecule has 0 rings (SSSR count). The molecule has 0 spiro atoms. The van der Waals surface area contributed by atoms with Crippen molar-refractivity contribution in [2.24, 2.45) is 0 Å². The van der Waals surface area contributed by atoms with Crippen molar-refractivity contribution in [2.45, 2.75) is 0 Å². The Kier molecular flexibility index (Phi) is 163. The zero-order valence-corrected chi connectivity index (χ0v) is 10.2. The molecule has 3 radical (unpaired) electrons. The summed E-state index contributed by atoms with van der Waals surface area (Å²) in [5.41, 5.74) is 0. The Hall–Kier alpha value is 4.38. The molecule has 0 saturated carbocycles. The number of hydrogen-bond donors (Lipinski definition) is 0. The molecule has 0 amide bonds. The van der Waals surface area contributed by atoms with Gasteiger partial charge in [0.25, 0.3) is 0 Å². The van der Waals surface area contributed by atoms with E-state index in [0.29, 0.717) is 0 Å². The third-order valence-corrected chi connectivity index (χ3v) is 0. The van der Waals surface area contributed by atoms with E-state index in [1.807, 2.05) is 0 Å². The van der Waals surface area contributed by atoms with Gasteiger partial charge in [-0.15, -0.1) is 0 Å². The smallest absolute Gasteiger partial charge is 0 e. The fourth-order valence-corrected chi connectivity index (χ4v) is 0. The monoisotopic (exact) mass is 327 g/mol. The van der Waals surface area contributed by atoms with Gasteiger partial charge in [-0.1, -0.05) is 0 Å². The van der Waals surface area contributed by atoms with Crippen LogP contribution in [0.4, 0.5) is 0 Å². The first-order chi connectivity index (χ1) is 0. The molecule has 21 valence electrons. The first-order valence-electron chi connectivity index (χ1n) is 0. The predicted octanol–water partition coefficient (Wildman–Crippen LogP) is -2.38. The molecule has 0 heterocycles. The van der Waals surface area contributed by atoms with Gasteiger partial charge >= 0.3 is 0 Å². The SMILES string of the molecule is [AlH3].[AlH3].[Y].[Y].[Y]. The van der Waals surface area contributed by atoms with Gasteiger partial charge in [-0.25, -0.2) is 0 Å². The summed E-state index contributed by atoms with van der Waals surface area (Å²) in [4.78, 5) is 0. The summed E-state index contributed by atoms with van der Waals surface area (Å²) in [7, 11) is 0. The third kappa shape index (κ3) is 17.8. The van der Waals surface area contributed by atoms with E-state index >= 15 is 0 Å². The molecule has 0 unspecified atom stereocenters. The van der Waals surface area contributed by atoms with Crippen LogP contribution in [0, 0.1) is 0 Å². The van der Waals surface area contributed by atoms with Crippen LogP contribution in [0.3, 0.4) is 0 Å². The van der Waals surface area contributed by atoms with Gasteiger partial charge in [0.2, 0.25) is 0 Å². The molecule has 0 aromatic rings. The summed E-state index contributed by atoms with van der Waals surface area (Å²) in [6, 6.07) is 0. The van der Waals surface area contributed by atoms with Crippen molar-refractivity contribution in [3.63, 3.8) is 0 Å². The third-order valence-electron chi connectivity index (χ3n) is 0. The van der Waals surface area contributed by atoms with Crippen LogP contribution < -0.4 is 0 Å². The maximum Gasteiger partial charge on any atom is 0.187 e. The second kappa shape index (κ2) is 23.8. The van der Waals surface area contributed by atoms with Crippen LogP contribution in [0.2, 0.25) is 0 Å². The first kappa shape index (κ1) is 34.3. The van der Waals surface area contributed by atoms with Gasteiger partial charge in [0.1, 0.15) is 0 Å². The number of rotatable bonds is 0. The van der Waals surface area contributed by atoms with Crippen molar-refractivity contribution in [3.8, 4) is 0 Å². The molecule has 0 fully saturated rings. The van der Waals surface area contributed by atoms with Gasteiger partial charge in [-0.05, 0) is 0 Å². The van der Waals surface area contributed by atoms with Gasteiger partial charge in [-0.3, -0.25) is 0 Å². The molecule has 5 heteroatoms. The van der Waals surface area contributed by atoms with Crippen LogP contribution in [0.5, 0.6) is 0 Å². The predicted molar refractivity (Wildman–Crippen MR) is 19.9 cm³/mol. The molecule has 5 heavy (non-hydrogen) atoms. The summed E-state index contributed by atoms with van der Waals surface area (Å²) in [6.07, 6.45) is 0. The van der Waals surface area contributed by atoms with Crippen LogP contribution in [0.25, 0.3) is 0 Å². The van der Waals surface area contributed by atoms with E-state index in [1.165, 1.54) is 0 Å². The molecule has 0 bridgehead atoms. The Morgan fingerprint density at radius 2 is 0.400 bits per heavy atom. The van der Waals surface area contributed by atoms with E-state index in [1.54, 1.807) is 0 Å². The molecule has 0 N–H and O–H groups in total. The van der Waals surface area contributed by atoms with Crippen LogP contribution in [0.15, 0.2) is 0 Å². The standard InChI is InChI=1S/2Al.3Y.6H. The average molecular weight is 327 g/mol. The summed E-state index contributed by atoms with van der Waals surface area (Å²) >= 11 is 0. The summed E-state index contributed by atoms with van der Waals surface area (Å²) in [6.45, 7) is 0. The van der Waals surface area contributed by atoms with Crippen molar-refractivity contribution in [1.29, 1.82) is 0 Å². The van der Waals surface area contributed by atoms with E-state index in [9.17, 15) is 0 Å². The van der Waals surface area contributed by atoms with Crippen molar-refractivity contribution < 1.29 is 98.1 Å². The van der Waals surface area contributed by atoms with E-state index in [0.717, 1.165) is 0 Å². The Morgan fingerprint density at radius 1 is 0.400 bits per heavy atom. The van der Waals surface area contributed by atoms with Crippen LogP contribution >= 0.6 is 0 Å². The quantitative estimate of drug-likeness (QED) is 0.436. The minimum atomic E-state index is 0. The molecule has 0 nitrogen and oxygen atoms in total. The largest absolute Gasteiger partial charge is 0.187 e. The van der Waals surface area contributed by atoms with E-state index in [2.05, 4.69) is 0 Å². The summed E-state index contributed by atoms with van der Waals surface area (Å²) in [5, 5.41) is 0. The van der Waals surface area contributed by atoms with Crippen LogP contribution in [0.1, 0.15) is 0 Å². The molecule has 0 aliphatic carbocycles. The van der Waals surface area contributed by atoms with Crippen molar-refractivity contribution in [1.82, 2.24) is 0 Å². The van der Waals surface area contributed by atoms with E-state index < -0.39 is 0 Å². The van der Waals surface area contributed by atoms with Gasteiger partial charge in [-0.2, -0.15) is 0 Å². The maximum atomic E-state index is 0. The van der Waals surface area contributed by atoms with E-state index in [4.69, 9.17) is 0 Å². The average Bonchev–Trinajstić information content (AvgIpc) is 0. The first-order valence-corrected chi connectivity index (χ1v) is 0. The zero-order valence-electron chi connectivity index (χ0n) is 1.73. The fourth-order valence-electron chi connectivity index (χ4n) is 0. The van der Waals surface area contributed by atoms with Crippen molar-refractivity contribution >= 4 is 34.7 Å². The Bertz CT molecular complexity index is 4.85. The Labute approximate surface area is 129 Å². The minimum absolute atomic E-state index is 0. The van der Waals surface area contributed by atoms with Gasteiger partial charge < -0.3 is 0 Å². The van der Waals surface area contributed by atoms with E-state index in [-0.39, 0.29) is 133 Å². The molecule has 0 aromatic carbocycles. The molecule has 0 aliphatic heterocycles. The molecular formula is H6Al2Y3. The minimum Gasteiger partial charge on any atom is 0 e. The van der Waals surface area contributed by atoms with Gasteiger partial charge in [0.05, 0.1) is 0 Å². The summed E-state index contributed by atoms with van der Waals surface area (Å²) < 4.78 is 0. The normalized spacial score (nSPS) is 0. The second-order valence-electron chi connectivity index (χ2n) is 0. The van der Waals surface area contributed by atoms with Crippen LogP contribution in [-0.2, 0) is 98.1 Å².